The van der Waals surface area contributed by atoms with Crippen molar-refractivity contribution >= 4 is 22.9 Å². The van der Waals surface area contributed by atoms with Gasteiger partial charge in [0.05, 0.1) is 12.1 Å². The van der Waals surface area contributed by atoms with Crippen LogP contribution in [0.25, 0.3) is 0 Å². The molecule has 1 amide bonds. The molecule has 0 saturated heterocycles. The molecule has 0 bridgehead atoms. The van der Waals surface area contributed by atoms with E-state index in [0.29, 0.717) is 18.7 Å². The number of methoxy groups -OCH3 is 1. The SMILES string of the molecule is COc1ccc(N(C)C(=O)c2csc(CCN)n2)cc1. The minimum Gasteiger partial charge on any atom is -0.497 e. The number of hydrogen-bond acceptors (Lipinski definition) is 5. The van der Waals surface area contributed by atoms with Crippen molar-refractivity contribution in [2.45, 2.75) is 6.42 Å². The van der Waals surface area contributed by atoms with E-state index in [2.05, 4.69) is 4.98 Å². The van der Waals surface area contributed by atoms with Crippen LogP contribution >= 0.6 is 11.3 Å². The quantitative estimate of drug-likeness (QED) is 0.914. The van der Waals surface area contributed by atoms with Gasteiger partial charge in [-0.25, -0.2) is 4.98 Å². The first kappa shape index (κ1) is 14.5. The summed E-state index contributed by atoms with van der Waals surface area (Å²) in [6, 6.07) is 7.31. The molecule has 0 saturated carbocycles. The molecule has 0 spiro atoms. The topological polar surface area (TPSA) is 68.5 Å². The van der Waals surface area contributed by atoms with Gasteiger partial charge in [0.25, 0.3) is 5.91 Å². The molecule has 1 aromatic heterocycles. The Hall–Kier alpha value is -1.92. The Morgan fingerprint density at radius 2 is 2.10 bits per heavy atom. The van der Waals surface area contributed by atoms with Gasteiger partial charge in [0.1, 0.15) is 11.4 Å². The third-order valence-corrected chi connectivity index (χ3v) is 3.80. The number of anilines is 1. The lowest BCUT2D eigenvalue weighted by atomic mass is 10.2. The normalized spacial score (nSPS) is 10.3. The monoisotopic (exact) mass is 291 g/mol. The summed E-state index contributed by atoms with van der Waals surface area (Å²) in [5.41, 5.74) is 6.73. The van der Waals surface area contributed by atoms with Gasteiger partial charge in [-0.2, -0.15) is 0 Å². The van der Waals surface area contributed by atoms with E-state index in [-0.39, 0.29) is 5.91 Å². The zero-order valence-electron chi connectivity index (χ0n) is 11.5. The highest BCUT2D eigenvalue weighted by Crippen LogP contribution is 2.20. The summed E-state index contributed by atoms with van der Waals surface area (Å²) in [4.78, 5) is 18.2. The van der Waals surface area contributed by atoms with Crippen molar-refractivity contribution in [1.29, 1.82) is 0 Å². The molecule has 6 heteroatoms. The summed E-state index contributed by atoms with van der Waals surface area (Å²) in [6.45, 7) is 0.537. The number of aromatic nitrogens is 1. The van der Waals surface area contributed by atoms with Crippen LogP contribution in [0.3, 0.4) is 0 Å². The van der Waals surface area contributed by atoms with Crippen LogP contribution in [0.15, 0.2) is 29.6 Å². The van der Waals surface area contributed by atoms with Crippen molar-refractivity contribution < 1.29 is 9.53 Å². The largest absolute Gasteiger partial charge is 0.497 e. The second-order valence-corrected chi connectivity index (χ2v) is 5.17. The lowest BCUT2D eigenvalue weighted by Crippen LogP contribution is -2.26. The van der Waals surface area contributed by atoms with Crippen LogP contribution < -0.4 is 15.4 Å². The number of benzene rings is 1. The van der Waals surface area contributed by atoms with Crippen LogP contribution in [0.4, 0.5) is 5.69 Å². The minimum absolute atomic E-state index is 0.130. The highest BCUT2D eigenvalue weighted by molar-refractivity contribution is 7.09. The number of hydrogen-bond donors (Lipinski definition) is 1. The summed E-state index contributed by atoms with van der Waals surface area (Å²) < 4.78 is 5.10. The van der Waals surface area contributed by atoms with Crippen LogP contribution in [0.5, 0.6) is 5.75 Å². The highest BCUT2D eigenvalue weighted by atomic mass is 32.1. The molecule has 0 atom stereocenters. The first-order chi connectivity index (χ1) is 9.65. The molecule has 1 aromatic carbocycles. The summed E-state index contributed by atoms with van der Waals surface area (Å²) in [5.74, 6) is 0.628. The smallest absolute Gasteiger partial charge is 0.277 e. The Bertz CT molecular complexity index is 580. The fraction of sp³-hybridized carbons (Fsp3) is 0.286. The molecule has 20 heavy (non-hydrogen) atoms. The molecule has 0 unspecified atom stereocenters. The van der Waals surface area contributed by atoms with E-state index in [0.717, 1.165) is 16.4 Å². The van der Waals surface area contributed by atoms with Gasteiger partial charge >= 0.3 is 0 Å². The van der Waals surface area contributed by atoms with Crippen LogP contribution in [0, 0.1) is 0 Å². The van der Waals surface area contributed by atoms with E-state index in [1.165, 1.54) is 11.3 Å². The number of amides is 1. The van der Waals surface area contributed by atoms with Crippen LogP contribution in [0.1, 0.15) is 15.5 Å². The zero-order chi connectivity index (χ0) is 14.5. The number of rotatable bonds is 5. The molecule has 5 nitrogen and oxygen atoms in total. The standard InChI is InChI=1S/C14H17N3O2S/c1-17(10-3-5-11(19-2)6-4-10)14(18)12-9-20-13(16-12)7-8-15/h3-6,9H,7-8,15H2,1-2H3. The molecule has 2 aromatic rings. The van der Waals surface area contributed by atoms with Crippen molar-refractivity contribution in [2.75, 3.05) is 25.6 Å². The number of nitrogens with zero attached hydrogens (tertiary/aromatic N) is 2. The van der Waals surface area contributed by atoms with E-state index in [1.54, 1.807) is 24.4 Å². The van der Waals surface area contributed by atoms with Crippen molar-refractivity contribution in [1.82, 2.24) is 4.98 Å². The molecule has 0 fully saturated rings. The van der Waals surface area contributed by atoms with Gasteiger partial charge in [-0.05, 0) is 30.8 Å². The fourth-order valence-electron chi connectivity index (χ4n) is 1.74. The zero-order valence-corrected chi connectivity index (χ0v) is 12.3. The van der Waals surface area contributed by atoms with Crippen LogP contribution in [0.2, 0.25) is 0 Å². The lowest BCUT2D eigenvalue weighted by molar-refractivity contribution is 0.0988. The Balaban J connectivity index is 2.13. The highest BCUT2D eigenvalue weighted by Gasteiger charge is 2.16. The van der Waals surface area contributed by atoms with Crippen molar-refractivity contribution in [3.05, 3.63) is 40.3 Å². The first-order valence-electron chi connectivity index (χ1n) is 6.22. The third-order valence-electron chi connectivity index (χ3n) is 2.89. The average molecular weight is 291 g/mol. The first-order valence-corrected chi connectivity index (χ1v) is 7.10. The van der Waals surface area contributed by atoms with Gasteiger partial charge in [-0.1, -0.05) is 0 Å². The van der Waals surface area contributed by atoms with Crippen molar-refractivity contribution in [3.63, 3.8) is 0 Å². The van der Waals surface area contributed by atoms with E-state index >= 15 is 0 Å². The summed E-state index contributed by atoms with van der Waals surface area (Å²) in [6.07, 6.45) is 0.699. The van der Waals surface area contributed by atoms with Gasteiger partial charge in [0.15, 0.2) is 0 Å². The molecule has 106 valence electrons. The Kier molecular flexibility index (Phi) is 4.70. The second kappa shape index (κ2) is 6.49. The lowest BCUT2D eigenvalue weighted by Gasteiger charge is -2.16. The number of ether oxygens (including phenoxy) is 1. The summed E-state index contributed by atoms with van der Waals surface area (Å²) in [7, 11) is 3.34. The van der Waals surface area contributed by atoms with E-state index in [4.69, 9.17) is 10.5 Å². The van der Waals surface area contributed by atoms with Crippen LogP contribution in [-0.2, 0) is 6.42 Å². The van der Waals surface area contributed by atoms with Gasteiger partial charge in [0, 0.05) is 24.5 Å². The predicted octanol–water partition coefficient (Wildman–Crippen LogP) is 1.93. The molecule has 0 aliphatic carbocycles. The Morgan fingerprint density at radius 1 is 1.40 bits per heavy atom. The summed E-state index contributed by atoms with van der Waals surface area (Å²) in [5, 5.41) is 2.66. The molecule has 2 N–H and O–H groups in total. The minimum atomic E-state index is -0.130. The maximum Gasteiger partial charge on any atom is 0.277 e. The molecular formula is C14H17N3O2S. The molecule has 2 rings (SSSR count). The average Bonchev–Trinajstić information content (AvgIpc) is 2.95. The molecule has 0 radical (unpaired) electrons. The second-order valence-electron chi connectivity index (χ2n) is 4.23. The predicted molar refractivity (Wildman–Crippen MR) is 80.6 cm³/mol. The van der Waals surface area contributed by atoms with Crippen molar-refractivity contribution in [2.24, 2.45) is 5.73 Å². The van der Waals surface area contributed by atoms with E-state index < -0.39 is 0 Å². The molecular weight excluding hydrogens is 274 g/mol. The fourth-order valence-corrected chi connectivity index (χ4v) is 2.53. The van der Waals surface area contributed by atoms with Gasteiger partial charge in [-0.3, -0.25) is 4.79 Å². The van der Waals surface area contributed by atoms with Gasteiger partial charge in [-0.15, -0.1) is 11.3 Å². The number of nitrogens with two attached hydrogens (primary N) is 1. The Labute approximate surface area is 122 Å². The van der Waals surface area contributed by atoms with Gasteiger partial charge in [0.2, 0.25) is 0 Å². The molecule has 0 aliphatic rings. The maximum absolute atomic E-state index is 12.3. The van der Waals surface area contributed by atoms with Crippen LogP contribution in [-0.4, -0.2) is 31.6 Å². The van der Waals surface area contributed by atoms with E-state index in [1.807, 2.05) is 24.3 Å². The summed E-state index contributed by atoms with van der Waals surface area (Å²) >= 11 is 1.46. The number of thiazole rings is 1. The molecule has 0 aliphatic heterocycles. The number of carbonyl (C=O) groups is 1. The maximum atomic E-state index is 12.3. The van der Waals surface area contributed by atoms with Crippen molar-refractivity contribution in [3.8, 4) is 5.75 Å². The third kappa shape index (κ3) is 3.15. The van der Waals surface area contributed by atoms with E-state index in [9.17, 15) is 4.79 Å². The van der Waals surface area contributed by atoms with Gasteiger partial charge < -0.3 is 15.4 Å². The Morgan fingerprint density at radius 3 is 2.70 bits per heavy atom. The molecule has 1 heterocycles. The number of carbonyl (C=O) groups excluding carboxylic acids is 1.